The molecule has 4 aromatic rings. The van der Waals surface area contributed by atoms with E-state index in [4.69, 9.17) is 17.3 Å². The van der Waals surface area contributed by atoms with Crippen LogP contribution in [-0.4, -0.2) is 30.1 Å². The second kappa shape index (κ2) is 8.33. The van der Waals surface area contributed by atoms with Crippen molar-refractivity contribution in [2.45, 2.75) is 6.18 Å². The number of benzene rings is 2. The van der Waals surface area contributed by atoms with Crippen molar-refractivity contribution in [3.63, 3.8) is 0 Å². The lowest BCUT2D eigenvalue weighted by atomic mass is 10.0. The number of carbonyl (C=O) groups is 1. The summed E-state index contributed by atoms with van der Waals surface area (Å²) in [5.41, 5.74) is 5.63. The number of nitrogens with zero attached hydrogens (tertiary/aromatic N) is 2. The van der Waals surface area contributed by atoms with Gasteiger partial charge in [0.2, 0.25) is 10.0 Å². The lowest BCUT2D eigenvalue weighted by Crippen LogP contribution is -2.16. The first kappa shape index (κ1) is 23.6. The van der Waals surface area contributed by atoms with E-state index in [1.165, 1.54) is 41.0 Å². The number of carbonyl (C=O) groups excluding carboxylic acids is 1. The molecule has 2 aromatic heterocycles. The molecule has 12 heteroatoms. The number of sulfonamides is 1. The van der Waals surface area contributed by atoms with E-state index in [-0.39, 0.29) is 27.7 Å². The number of nitrogens with two attached hydrogens (primary N) is 1. The average Bonchev–Trinajstić information content (AvgIpc) is 3.11. The quantitative estimate of drug-likeness (QED) is 0.376. The van der Waals surface area contributed by atoms with Gasteiger partial charge in [0, 0.05) is 22.8 Å². The fourth-order valence-electron chi connectivity index (χ4n) is 3.65. The Morgan fingerprint density at radius 2 is 1.85 bits per heavy atom. The van der Waals surface area contributed by atoms with Crippen molar-refractivity contribution in [2.75, 3.05) is 11.0 Å². The summed E-state index contributed by atoms with van der Waals surface area (Å²) in [6.45, 7) is 0. The molecule has 0 aliphatic carbocycles. The van der Waals surface area contributed by atoms with E-state index in [0.29, 0.717) is 16.6 Å². The van der Waals surface area contributed by atoms with Gasteiger partial charge in [-0.1, -0.05) is 29.8 Å². The van der Waals surface area contributed by atoms with Crippen molar-refractivity contribution >= 4 is 44.1 Å². The summed E-state index contributed by atoms with van der Waals surface area (Å²) in [7, 11) is -3.57. The van der Waals surface area contributed by atoms with Gasteiger partial charge in [0.25, 0.3) is 5.91 Å². The molecule has 0 atom stereocenters. The van der Waals surface area contributed by atoms with E-state index >= 15 is 0 Å². The Hall–Kier alpha value is -3.57. The topological polar surface area (TPSA) is 107 Å². The maximum atomic E-state index is 13.6. The van der Waals surface area contributed by atoms with Crippen LogP contribution in [0.15, 0.2) is 60.8 Å². The number of hydrogen-bond donors (Lipinski definition) is 2. The highest BCUT2D eigenvalue weighted by Gasteiger charge is 2.34. The minimum Gasteiger partial charge on any atom is -0.364 e. The van der Waals surface area contributed by atoms with Crippen LogP contribution in [0.1, 0.15) is 16.1 Å². The Balaban J connectivity index is 1.95. The zero-order valence-corrected chi connectivity index (χ0v) is 19.0. The largest absolute Gasteiger partial charge is 0.417 e. The van der Waals surface area contributed by atoms with Gasteiger partial charge in [0.05, 0.1) is 23.0 Å². The Morgan fingerprint density at radius 1 is 1.12 bits per heavy atom. The molecular formula is C22H16ClF3N4O3S. The summed E-state index contributed by atoms with van der Waals surface area (Å²) >= 11 is 5.69. The fraction of sp³-hybridized carbons (Fsp3) is 0.0909. The summed E-state index contributed by atoms with van der Waals surface area (Å²) in [5.74, 6) is -0.775. The number of primary amides is 1. The normalized spacial score (nSPS) is 12.1. The Kier molecular flexibility index (Phi) is 5.78. The standard InChI is InChI=1S/C22H16ClF3N4O3S/c1-34(32,33)29-14-6-5-13-8-19(21(27)31)30(18(13)9-14)15-4-2-3-12(7-15)16-11-28-20(23)10-17(16)22(24,25)26/h2-11,29H,1H3,(H2,27,31). The molecule has 0 bridgehead atoms. The highest BCUT2D eigenvalue weighted by Crippen LogP contribution is 2.38. The van der Waals surface area contributed by atoms with Crippen molar-refractivity contribution in [1.29, 1.82) is 0 Å². The fourth-order valence-corrected chi connectivity index (χ4v) is 4.36. The van der Waals surface area contributed by atoms with Crippen LogP contribution in [0.2, 0.25) is 5.15 Å². The van der Waals surface area contributed by atoms with E-state index in [2.05, 4.69) is 9.71 Å². The number of pyridine rings is 1. The van der Waals surface area contributed by atoms with E-state index in [1.807, 2.05) is 0 Å². The molecule has 0 aliphatic rings. The number of anilines is 1. The summed E-state index contributed by atoms with van der Waals surface area (Å²) in [6, 6.07) is 12.9. The molecule has 4 rings (SSSR count). The molecule has 0 radical (unpaired) electrons. The van der Waals surface area contributed by atoms with Crippen LogP contribution >= 0.6 is 11.6 Å². The van der Waals surface area contributed by atoms with Crippen LogP contribution in [0.3, 0.4) is 0 Å². The Labute approximate surface area is 197 Å². The summed E-state index contributed by atoms with van der Waals surface area (Å²) < 4.78 is 68.0. The average molecular weight is 509 g/mol. The first-order chi connectivity index (χ1) is 15.8. The molecule has 0 spiro atoms. The number of hydrogen-bond acceptors (Lipinski definition) is 4. The van der Waals surface area contributed by atoms with Crippen molar-refractivity contribution < 1.29 is 26.4 Å². The van der Waals surface area contributed by atoms with Crippen LogP contribution in [0, 0.1) is 0 Å². The zero-order chi connectivity index (χ0) is 24.8. The van der Waals surface area contributed by atoms with Crippen molar-refractivity contribution in [3.8, 4) is 16.8 Å². The molecule has 0 aliphatic heterocycles. The smallest absolute Gasteiger partial charge is 0.364 e. The third-order valence-electron chi connectivity index (χ3n) is 4.95. The molecule has 2 aromatic carbocycles. The monoisotopic (exact) mass is 508 g/mol. The highest BCUT2D eigenvalue weighted by atomic mass is 35.5. The SMILES string of the molecule is CS(=O)(=O)Nc1ccc2cc(C(N)=O)n(-c3cccc(-c4cnc(Cl)cc4C(F)(F)F)c3)c2c1. The molecule has 176 valence electrons. The van der Waals surface area contributed by atoms with Gasteiger partial charge in [0.15, 0.2) is 0 Å². The lowest BCUT2D eigenvalue weighted by Gasteiger charge is -2.15. The Bertz CT molecular complexity index is 1550. The lowest BCUT2D eigenvalue weighted by molar-refractivity contribution is -0.137. The van der Waals surface area contributed by atoms with E-state index < -0.39 is 27.7 Å². The second-order valence-corrected chi connectivity index (χ2v) is 9.61. The summed E-state index contributed by atoms with van der Waals surface area (Å²) in [6.07, 6.45) is -2.66. The van der Waals surface area contributed by atoms with Crippen LogP contribution in [-0.2, 0) is 16.2 Å². The van der Waals surface area contributed by atoms with Crippen LogP contribution < -0.4 is 10.5 Å². The molecule has 0 unspecified atom stereocenters. The molecule has 2 heterocycles. The Morgan fingerprint density at radius 3 is 2.50 bits per heavy atom. The molecule has 34 heavy (non-hydrogen) atoms. The maximum Gasteiger partial charge on any atom is 0.417 e. The van der Waals surface area contributed by atoms with Gasteiger partial charge in [-0.3, -0.25) is 9.52 Å². The van der Waals surface area contributed by atoms with Crippen molar-refractivity contribution in [1.82, 2.24) is 9.55 Å². The predicted octanol–water partition coefficient (Wildman–Crippen LogP) is 4.84. The third-order valence-corrected chi connectivity index (χ3v) is 5.76. The molecule has 0 saturated heterocycles. The molecule has 7 nitrogen and oxygen atoms in total. The van der Waals surface area contributed by atoms with E-state index in [9.17, 15) is 26.4 Å². The van der Waals surface area contributed by atoms with Crippen LogP contribution in [0.4, 0.5) is 18.9 Å². The number of halogens is 4. The number of alkyl halides is 3. The second-order valence-electron chi connectivity index (χ2n) is 7.48. The minimum absolute atomic E-state index is 0.0638. The molecule has 3 N–H and O–H groups in total. The first-order valence-electron chi connectivity index (χ1n) is 9.60. The van der Waals surface area contributed by atoms with Gasteiger partial charge in [-0.2, -0.15) is 13.2 Å². The maximum absolute atomic E-state index is 13.6. The number of rotatable bonds is 5. The molecule has 0 fully saturated rings. The van der Waals surface area contributed by atoms with E-state index in [0.717, 1.165) is 18.5 Å². The number of fused-ring (bicyclic) bond motifs is 1. The van der Waals surface area contributed by atoms with E-state index in [1.54, 1.807) is 12.1 Å². The zero-order valence-electron chi connectivity index (χ0n) is 17.4. The van der Waals surface area contributed by atoms with Gasteiger partial charge >= 0.3 is 6.18 Å². The van der Waals surface area contributed by atoms with Gasteiger partial charge in [0.1, 0.15) is 10.8 Å². The van der Waals surface area contributed by atoms with Crippen molar-refractivity contribution in [3.05, 3.63) is 77.2 Å². The van der Waals surface area contributed by atoms with Gasteiger partial charge in [-0.15, -0.1) is 0 Å². The number of aromatic nitrogens is 2. The minimum atomic E-state index is -4.68. The predicted molar refractivity (Wildman–Crippen MR) is 124 cm³/mol. The van der Waals surface area contributed by atoms with Crippen molar-refractivity contribution in [2.24, 2.45) is 5.73 Å². The third kappa shape index (κ3) is 4.70. The summed E-state index contributed by atoms with van der Waals surface area (Å²) in [5, 5.41) is 0.271. The number of amides is 1. The summed E-state index contributed by atoms with van der Waals surface area (Å²) in [4.78, 5) is 16.0. The number of nitrogens with one attached hydrogen (secondary N) is 1. The van der Waals surface area contributed by atoms with Gasteiger partial charge in [-0.25, -0.2) is 13.4 Å². The first-order valence-corrected chi connectivity index (χ1v) is 11.9. The molecule has 0 saturated carbocycles. The highest BCUT2D eigenvalue weighted by molar-refractivity contribution is 7.92. The van der Waals surface area contributed by atoms with Gasteiger partial charge in [-0.05, 0) is 42.0 Å². The molecule has 1 amide bonds. The van der Waals surface area contributed by atoms with Crippen LogP contribution in [0.5, 0.6) is 0 Å². The molecular weight excluding hydrogens is 493 g/mol. The van der Waals surface area contributed by atoms with Crippen LogP contribution in [0.25, 0.3) is 27.7 Å². The van der Waals surface area contributed by atoms with Gasteiger partial charge < -0.3 is 10.3 Å².